The van der Waals surface area contributed by atoms with E-state index in [-0.39, 0.29) is 61.5 Å². The minimum atomic E-state index is -3.10. The van der Waals surface area contributed by atoms with Crippen molar-refractivity contribution in [3.8, 4) is 0 Å². The lowest BCUT2D eigenvalue weighted by molar-refractivity contribution is -0.139. The number of thiazole rings is 2. The molecule has 0 spiro atoms. The fraction of sp³-hybridized carbons (Fsp3) is 0.451. The zero-order valence-electron chi connectivity index (χ0n) is 42.0. The molecule has 25 heteroatoms. The minimum absolute atomic E-state index is 0.0125. The van der Waals surface area contributed by atoms with Crippen molar-refractivity contribution >= 4 is 93.0 Å². The van der Waals surface area contributed by atoms with Crippen molar-refractivity contribution in [2.45, 2.75) is 96.3 Å². The summed E-state index contributed by atoms with van der Waals surface area (Å²) in [5.74, 6) is -8.95. The second-order valence-corrected chi connectivity index (χ2v) is 22.5. The van der Waals surface area contributed by atoms with Crippen molar-refractivity contribution < 1.29 is 56.4 Å². The van der Waals surface area contributed by atoms with Crippen LogP contribution in [0.3, 0.4) is 0 Å². The van der Waals surface area contributed by atoms with E-state index in [1.54, 1.807) is 71.4 Å². The number of hydrogen-bond donors (Lipinski definition) is 4. The monoisotopic (exact) mass is 1150 g/mol. The van der Waals surface area contributed by atoms with E-state index in [4.69, 9.17) is 54.3 Å². The Hall–Kier alpha value is -5.49. The number of amidine groups is 2. The van der Waals surface area contributed by atoms with Gasteiger partial charge in [0, 0.05) is 110 Å². The van der Waals surface area contributed by atoms with Crippen LogP contribution in [0.5, 0.6) is 0 Å². The summed E-state index contributed by atoms with van der Waals surface area (Å²) in [5, 5.41) is 30.4. The van der Waals surface area contributed by atoms with Crippen LogP contribution < -0.4 is 10.6 Å². The molecular weight excluding hydrogens is 1100 g/mol. The van der Waals surface area contributed by atoms with E-state index in [2.05, 4.69) is 20.6 Å². The molecule has 4 aliphatic heterocycles. The predicted octanol–water partition coefficient (Wildman–Crippen LogP) is 10.1. The molecule has 0 amide bonds. The Morgan fingerprint density at radius 1 is 0.711 bits per heavy atom. The number of alkyl halides is 4. The number of rotatable bonds is 17. The summed E-state index contributed by atoms with van der Waals surface area (Å²) in [7, 11) is 1.22. The number of aliphatic imine (C=N–C) groups is 2. The number of carbonyl (C=O) groups is 4. The Labute approximate surface area is 458 Å². The van der Waals surface area contributed by atoms with Crippen LogP contribution in [0.15, 0.2) is 98.1 Å². The topological polar surface area (TPSA) is 208 Å². The smallest absolute Gasteiger partial charge is 0.338 e. The number of ether oxygens (including phenoxy) is 2. The van der Waals surface area contributed by atoms with Crippen LogP contribution in [0.2, 0.25) is 15.1 Å². The van der Waals surface area contributed by atoms with Crippen LogP contribution in [0, 0.1) is 10.8 Å². The lowest BCUT2D eigenvalue weighted by atomic mass is 9.79. The average molecular weight is 1150 g/mol. The minimum Gasteiger partial charge on any atom is -0.481 e. The summed E-state index contributed by atoms with van der Waals surface area (Å²) in [6.45, 7) is 6.14. The van der Waals surface area contributed by atoms with Crippen molar-refractivity contribution in [3.05, 3.63) is 124 Å². The summed E-state index contributed by atoms with van der Waals surface area (Å²) < 4.78 is 71.2. The zero-order valence-corrected chi connectivity index (χ0v) is 45.9. The molecule has 2 fully saturated rings. The lowest BCUT2D eigenvalue weighted by Crippen LogP contribution is -2.44. The van der Waals surface area contributed by atoms with Crippen molar-refractivity contribution in [2.24, 2.45) is 20.8 Å². The van der Waals surface area contributed by atoms with Gasteiger partial charge in [0.1, 0.15) is 12.1 Å². The molecule has 0 unspecified atom stereocenters. The number of nitrogens with zero attached hydrogens (tertiary/aromatic N) is 6. The van der Waals surface area contributed by atoms with Crippen LogP contribution in [-0.4, -0.2) is 129 Å². The van der Waals surface area contributed by atoms with E-state index in [1.165, 1.54) is 68.4 Å². The van der Waals surface area contributed by atoms with E-state index < -0.39 is 83.8 Å². The normalized spacial score (nSPS) is 22.6. The van der Waals surface area contributed by atoms with Gasteiger partial charge in [-0.3, -0.25) is 29.4 Å². The number of benzene rings is 2. The molecule has 4 N–H and O–H groups in total. The number of carboxylic acid groups (broad SMARTS) is 2. The van der Waals surface area contributed by atoms with Gasteiger partial charge in [-0.05, 0) is 38.0 Å². The highest BCUT2D eigenvalue weighted by molar-refractivity contribution is 7.12. The Morgan fingerprint density at radius 3 is 1.58 bits per heavy atom. The molecule has 4 aliphatic rings. The lowest BCUT2D eigenvalue weighted by Gasteiger charge is -2.35. The third-order valence-corrected chi connectivity index (χ3v) is 16.6. The maximum atomic E-state index is 15.2. The third-order valence-electron chi connectivity index (χ3n) is 14.1. The summed E-state index contributed by atoms with van der Waals surface area (Å²) in [6, 6.07) is 8.42. The van der Waals surface area contributed by atoms with Gasteiger partial charge in [-0.25, -0.2) is 37.1 Å². The van der Waals surface area contributed by atoms with Crippen molar-refractivity contribution in [1.82, 2.24) is 30.4 Å². The van der Waals surface area contributed by atoms with Crippen LogP contribution in [0.1, 0.15) is 93.5 Å². The van der Waals surface area contributed by atoms with Gasteiger partial charge < -0.3 is 30.3 Å². The first-order chi connectivity index (χ1) is 35.8. The second-order valence-electron chi connectivity index (χ2n) is 19.4. The SMILES string of the molecule is CCOC(=O)C1=C(CN2CC(F)(F)C(C)(C)[C@@H]2CCC(=O)O)NC(c2nccs2)=N[C@H]1c1ccccc1Cl.COC(=O)C1=C(CN2CC(F)(F)C(C)(C)[C@@H]2CCC(=O)O)NC(c2nccs2)=N[C@H]1c1ccc(Cl)cc1Cl. The van der Waals surface area contributed by atoms with E-state index in [9.17, 15) is 29.4 Å². The fourth-order valence-electron chi connectivity index (χ4n) is 9.89. The second kappa shape index (κ2) is 23.6. The molecule has 2 aromatic heterocycles. The van der Waals surface area contributed by atoms with Crippen molar-refractivity contribution in [2.75, 3.05) is 39.9 Å². The summed E-state index contributed by atoms with van der Waals surface area (Å²) in [5.41, 5.74) is -1.08. The van der Waals surface area contributed by atoms with Gasteiger partial charge in [-0.15, -0.1) is 22.7 Å². The van der Waals surface area contributed by atoms with Gasteiger partial charge >= 0.3 is 23.9 Å². The number of methoxy groups -OCH3 is 1. The zero-order chi connectivity index (χ0) is 55.5. The van der Waals surface area contributed by atoms with Gasteiger partial charge in [0.2, 0.25) is 0 Å². The summed E-state index contributed by atoms with van der Waals surface area (Å²) in [6.07, 6.45) is 2.72. The number of likely N-dealkylation sites (tertiary alicyclic amines) is 2. The van der Waals surface area contributed by atoms with Crippen LogP contribution in [-0.2, 0) is 28.7 Å². The molecule has 0 bridgehead atoms. The molecule has 8 rings (SSSR count). The standard InChI is InChI=1S/C26H29ClF2N4O4S.C25H26Cl2F2N4O4S/c1-4-37-24(36)20-17(13-33-14-26(28,29)25(2,3)18(33)9-10-19(34)35)31-22(23-30-11-12-38-23)32-21(20)15-7-5-6-8-16(15)27;1-24(2)17(6-7-18(34)35)33(12-25(24,28)29)11-16-19(23(36)37-3)20(14-5-4-13(26)10-15(14)27)32-21(31-16)22-30-8-9-38-22/h5-8,11-12,18,21H,4,9-10,13-14H2,1-3H3,(H,31,32)(H,34,35);4-5,8-10,17,20H,6-7,11-12H2,1-3H3,(H,31,32)(H,34,35)/t18-,21-;17-,20-/m00/s1. The first kappa shape index (κ1) is 58.2. The highest BCUT2D eigenvalue weighted by Gasteiger charge is 2.61. The molecular formula is C51H55Cl3F4N8O8S2. The van der Waals surface area contributed by atoms with Gasteiger partial charge in [-0.2, -0.15) is 0 Å². The molecule has 76 heavy (non-hydrogen) atoms. The quantitative estimate of drug-likeness (QED) is 0.0573. The van der Waals surface area contributed by atoms with Crippen molar-refractivity contribution in [3.63, 3.8) is 0 Å². The molecule has 4 atom stereocenters. The molecule has 16 nitrogen and oxygen atoms in total. The number of aromatic nitrogens is 2. The van der Waals surface area contributed by atoms with Gasteiger partial charge in [-0.1, -0.05) is 86.8 Å². The van der Waals surface area contributed by atoms with Crippen LogP contribution >= 0.6 is 57.5 Å². The molecule has 2 saturated heterocycles. The van der Waals surface area contributed by atoms with Crippen LogP contribution in [0.4, 0.5) is 17.6 Å². The Balaban J connectivity index is 0.000000221. The number of carbonyl (C=O) groups excluding carboxylic acids is 2. The van der Waals surface area contributed by atoms with Gasteiger partial charge in [0.05, 0.1) is 38.0 Å². The average Bonchev–Trinajstić information content (AvgIpc) is 4.16. The number of nitrogens with one attached hydrogen (secondary N) is 2. The summed E-state index contributed by atoms with van der Waals surface area (Å²) >= 11 is 21.8. The van der Waals surface area contributed by atoms with E-state index in [1.807, 2.05) is 0 Å². The Bertz CT molecular complexity index is 2960. The van der Waals surface area contributed by atoms with Gasteiger partial charge in [0.25, 0.3) is 11.8 Å². The number of aliphatic carboxylic acids is 2. The molecule has 6 heterocycles. The van der Waals surface area contributed by atoms with Crippen molar-refractivity contribution in [1.29, 1.82) is 0 Å². The van der Waals surface area contributed by atoms with E-state index >= 15 is 17.6 Å². The number of hydrogen-bond acceptors (Lipinski definition) is 16. The summed E-state index contributed by atoms with van der Waals surface area (Å²) in [4.78, 5) is 70.3. The number of halogens is 7. The Kier molecular flexibility index (Phi) is 18.1. The molecule has 0 aliphatic carbocycles. The molecule has 4 aromatic rings. The highest BCUT2D eigenvalue weighted by atomic mass is 35.5. The third kappa shape index (κ3) is 12.3. The van der Waals surface area contributed by atoms with E-state index in [0.29, 0.717) is 54.3 Å². The predicted molar refractivity (Wildman–Crippen MR) is 282 cm³/mol. The maximum absolute atomic E-state index is 15.2. The molecule has 2 aromatic carbocycles. The highest BCUT2D eigenvalue weighted by Crippen LogP contribution is 2.51. The van der Waals surface area contributed by atoms with Gasteiger partial charge in [0.15, 0.2) is 21.7 Å². The fourth-order valence-corrected chi connectivity index (χ4v) is 11.8. The Morgan fingerprint density at radius 2 is 1.17 bits per heavy atom. The maximum Gasteiger partial charge on any atom is 0.338 e. The largest absolute Gasteiger partial charge is 0.481 e. The van der Waals surface area contributed by atoms with E-state index in [0.717, 1.165) is 0 Å². The first-order valence-electron chi connectivity index (χ1n) is 23.9. The first-order valence-corrected chi connectivity index (χ1v) is 26.8. The number of esters is 2. The number of carboxylic acids is 2. The molecule has 0 radical (unpaired) electrons. The molecule has 408 valence electrons. The molecule has 0 saturated carbocycles. The van der Waals surface area contributed by atoms with Crippen LogP contribution in [0.25, 0.3) is 0 Å².